The molecule has 0 bridgehead atoms. The Morgan fingerprint density at radius 2 is 1.94 bits per heavy atom. The molecule has 4 atom stereocenters. The zero-order valence-electron chi connectivity index (χ0n) is 10.5. The number of rotatable bonds is 2. The molecule has 1 unspecified atom stereocenters. The predicted octanol–water partition coefficient (Wildman–Crippen LogP) is 2.42. The van der Waals surface area contributed by atoms with E-state index in [1.165, 1.54) is 31.5 Å². The first-order valence-corrected chi connectivity index (χ1v) is 6.80. The Morgan fingerprint density at radius 1 is 1.18 bits per heavy atom. The maximum Gasteiger partial charge on any atom is 0.0320 e. The summed E-state index contributed by atoms with van der Waals surface area (Å²) in [5.74, 6) is 1.61. The van der Waals surface area contributed by atoms with Gasteiger partial charge in [-0.25, -0.2) is 0 Å². The molecule has 2 aliphatic rings. The summed E-state index contributed by atoms with van der Waals surface area (Å²) in [6, 6.07) is 11.8. The number of benzene rings is 1. The fourth-order valence-corrected chi connectivity index (χ4v) is 3.60. The molecule has 2 nitrogen and oxygen atoms in total. The summed E-state index contributed by atoms with van der Waals surface area (Å²) in [6.45, 7) is 4.76. The summed E-state index contributed by atoms with van der Waals surface area (Å²) in [5.41, 5.74) is 7.63. The van der Waals surface area contributed by atoms with Crippen LogP contribution < -0.4 is 5.73 Å². The summed E-state index contributed by atoms with van der Waals surface area (Å²) < 4.78 is 0. The molecule has 0 radical (unpaired) electrons. The number of nitrogens with two attached hydrogens (primary N) is 1. The van der Waals surface area contributed by atoms with E-state index in [4.69, 9.17) is 5.73 Å². The van der Waals surface area contributed by atoms with Crippen LogP contribution in [0.3, 0.4) is 0 Å². The normalized spacial score (nSPS) is 34.8. The lowest BCUT2D eigenvalue weighted by atomic mass is 9.98. The van der Waals surface area contributed by atoms with Crippen LogP contribution in [0.5, 0.6) is 0 Å². The van der Waals surface area contributed by atoms with Gasteiger partial charge in [0.25, 0.3) is 0 Å². The average molecular weight is 230 g/mol. The van der Waals surface area contributed by atoms with E-state index < -0.39 is 0 Å². The quantitative estimate of drug-likeness (QED) is 0.845. The topological polar surface area (TPSA) is 29.3 Å². The van der Waals surface area contributed by atoms with Crippen molar-refractivity contribution in [3.63, 3.8) is 0 Å². The molecule has 0 spiro atoms. The molecule has 0 amide bonds. The summed E-state index contributed by atoms with van der Waals surface area (Å²) in [5, 5.41) is 0. The van der Waals surface area contributed by atoms with Crippen LogP contribution in [0.1, 0.15) is 31.4 Å². The highest BCUT2D eigenvalue weighted by atomic mass is 15.2. The van der Waals surface area contributed by atoms with Crippen molar-refractivity contribution in [2.75, 3.05) is 13.1 Å². The number of likely N-dealkylation sites (tertiary alicyclic amines) is 1. The van der Waals surface area contributed by atoms with E-state index >= 15 is 0 Å². The number of fused-ring (bicyclic) bond motifs is 1. The second-order valence-electron chi connectivity index (χ2n) is 5.71. The highest BCUT2D eigenvalue weighted by molar-refractivity contribution is 5.19. The first-order valence-electron chi connectivity index (χ1n) is 6.80. The van der Waals surface area contributed by atoms with Gasteiger partial charge in [0.05, 0.1) is 0 Å². The van der Waals surface area contributed by atoms with Crippen LogP contribution in [-0.4, -0.2) is 24.0 Å². The third-order valence-corrected chi connectivity index (χ3v) is 4.77. The second-order valence-corrected chi connectivity index (χ2v) is 5.71. The largest absolute Gasteiger partial charge is 0.327 e. The van der Waals surface area contributed by atoms with E-state index in [0.29, 0.717) is 12.1 Å². The first kappa shape index (κ1) is 11.2. The van der Waals surface area contributed by atoms with Crippen molar-refractivity contribution in [1.29, 1.82) is 0 Å². The summed E-state index contributed by atoms with van der Waals surface area (Å²) >= 11 is 0. The van der Waals surface area contributed by atoms with E-state index in [-0.39, 0.29) is 0 Å². The SMILES string of the molecule is C[C@@H](c1ccccc1)N1C[C@H]2CCC(N)[C@H]2C1. The van der Waals surface area contributed by atoms with Gasteiger partial charge in [0.2, 0.25) is 0 Å². The second kappa shape index (κ2) is 4.43. The third-order valence-electron chi connectivity index (χ3n) is 4.77. The molecule has 2 N–H and O–H groups in total. The van der Waals surface area contributed by atoms with Gasteiger partial charge in [-0.1, -0.05) is 30.3 Å². The van der Waals surface area contributed by atoms with E-state index in [1.54, 1.807) is 0 Å². The van der Waals surface area contributed by atoms with Gasteiger partial charge in [0.15, 0.2) is 0 Å². The van der Waals surface area contributed by atoms with Gasteiger partial charge >= 0.3 is 0 Å². The molecule has 1 aliphatic carbocycles. The fourth-order valence-electron chi connectivity index (χ4n) is 3.60. The van der Waals surface area contributed by atoms with Crippen LogP contribution in [0, 0.1) is 11.8 Å². The van der Waals surface area contributed by atoms with Crippen LogP contribution in [0.2, 0.25) is 0 Å². The van der Waals surface area contributed by atoms with Gasteiger partial charge in [-0.05, 0) is 37.2 Å². The van der Waals surface area contributed by atoms with Crippen LogP contribution in [0.25, 0.3) is 0 Å². The van der Waals surface area contributed by atoms with Crippen molar-refractivity contribution in [2.24, 2.45) is 17.6 Å². The zero-order valence-corrected chi connectivity index (χ0v) is 10.5. The van der Waals surface area contributed by atoms with E-state index in [1.807, 2.05) is 0 Å². The van der Waals surface area contributed by atoms with Crippen molar-refractivity contribution >= 4 is 0 Å². The van der Waals surface area contributed by atoms with Gasteiger partial charge in [0.1, 0.15) is 0 Å². The Hall–Kier alpha value is -0.860. The predicted molar refractivity (Wildman–Crippen MR) is 70.6 cm³/mol. The maximum atomic E-state index is 6.19. The molecule has 17 heavy (non-hydrogen) atoms. The molecule has 1 saturated heterocycles. The van der Waals surface area contributed by atoms with Crippen molar-refractivity contribution in [3.8, 4) is 0 Å². The lowest BCUT2D eigenvalue weighted by Crippen LogP contribution is -2.31. The van der Waals surface area contributed by atoms with Crippen LogP contribution >= 0.6 is 0 Å². The molecule has 1 aliphatic heterocycles. The fraction of sp³-hybridized carbons (Fsp3) is 0.600. The van der Waals surface area contributed by atoms with E-state index in [2.05, 4.69) is 42.2 Å². The van der Waals surface area contributed by atoms with Crippen LogP contribution in [-0.2, 0) is 0 Å². The van der Waals surface area contributed by atoms with Crippen molar-refractivity contribution in [1.82, 2.24) is 4.90 Å². The molecular formula is C15H22N2. The zero-order chi connectivity index (χ0) is 11.8. The molecule has 1 aromatic rings. The maximum absolute atomic E-state index is 6.19. The van der Waals surface area contributed by atoms with Gasteiger partial charge in [-0.2, -0.15) is 0 Å². The average Bonchev–Trinajstić information content (AvgIpc) is 2.92. The highest BCUT2D eigenvalue weighted by Crippen LogP contribution is 2.40. The van der Waals surface area contributed by atoms with Gasteiger partial charge in [0, 0.05) is 25.2 Å². The molecule has 1 saturated carbocycles. The first-order chi connectivity index (χ1) is 8.25. The van der Waals surface area contributed by atoms with Crippen LogP contribution in [0.15, 0.2) is 30.3 Å². The molecule has 1 aromatic carbocycles. The molecular weight excluding hydrogens is 208 g/mol. The minimum absolute atomic E-state index is 0.452. The summed E-state index contributed by atoms with van der Waals surface area (Å²) in [4.78, 5) is 2.61. The molecule has 1 heterocycles. The Kier molecular flexibility index (Phi) is 2.93. The Morgan fingerprint density at radius 3 is 2.65 bits per heavy atom. The Balaban J connectivity index is 1.71. The van der Waals surface area contributed by atoms with Crippen molar-refractivity contribution < 1.29 is 0 Å². The smallest absolute Gasteiger partial charge is 0.0320 e. The van der Waals surface area contributed by atoms with Crippen molar-refractivity contribution in [3.05, 3.63) is 35.9 Å². The Bertz CT molecular complexity index is 376. The van der Waals surface area contributed by atoms with Gasteiger partial charge in [-0.3, -0.25) is 4.90 Å². The minimum Gasteiger partial charge on any atom is -0.327 e. The number of hydrogen-bond donors (Lipinski definition) is 1. The number of nitrogens with zero attached hydrogens (tertiary/aromatic N) is 1. The van der Waals surface area contributed by atoms with Gasteiger partial charge in [-0.15, -0.1) is 0 Å². The lowest BCUT2D eigenvalue weighted by Gasteiger charge is -2.26. The monoisotopic (exact) mass is 230 g/mol. The molecule has 2 fully saturated rings. The number of hydrogen-bond acceptors (Lipinski definition) is 2. The molecule has 3 rings (SSSR count). The Labute approximate surface area is 104 Å². The lowest BCUT2D eigenvalue weighted by molar-refractivity contribution is 0.239. The summed E-state index contributed by atoms with van der Waals surface area (Å²) in [6.07, 6.45) is 2.58. The van der Waals surface area contributed by atoms with Crippen LogP contribution in [0.4, 0.5) is 0 Å². The van der Waals surface area contributed by atoms with Gasteiger partial charge < -0.3 is 5.73 Å². The molecule has 0 aromatic heterocycles. The standard InChI is InChI=1S/C15H22N2/c1-11(12-5-3-2-4-6-12)17-9-13-7-8-15(16)14(13)10-17/h2-6,11,13-15H,7-10,16H2,1H3/t11-,13+,14-,15?/m0/s1. The molecule has 2 heteroatoms. The van der Waals surface area contributed by atoms with E-state index in [0.717, 1.165) is 11.8 Å². The minimum atomic E-state index is 0.452. The van der Waals surface area contributed by atoms with Crippen molar-refractivity contribution in [2.45, 2.75) is 31.8 Å². The third kappa shape index (κ3) is 2.00. The molecule has 92 valence electrons. The van der Waals surface area contributed by atoms with E-state index in [9.17, 15) is 0 Å². The summed E-state index contributed by atoms with van der Waals surface area (Å²) in [7, 11) is 0. The highest BCUT2D eigenvalue weighted by Gasteiger charge is 2.42.